The van der Waals surface area contributed by atoms with Crippen molar-refractivity contribution in [1.82, 2.24) is 10.6 Å². The maximum atomic E-state index is 12.5. The van der Waals surface area contributed by atoms with Crippen LogP contribution in [-0.2, 0) is 30.2 Å². The van der Waals surface area contributed by atoms with Crippen LogP contribution in [0.4, 0.5) is 9.59 Å². The highest BCUT2D eigenvalue weighted by Gasteiger charge is 2.34. The highest BCUT2D eigenvalue weighted by molar-refractivity contribution is 5.89. The van der Waals surface area contributed by atoms with Crippen molar-refractivity contribution in [3.05, 3.63) is 34.9 Å². The molecular formula is C31H50N2O10. The number of hydrogen-bond acceptors (Lipinski definition) is 8. The molecule has 0 spiro atoms. The number of aromatic carboxylic acids is 1. The van der Waals surface area contributed by atoms with E-state index in [1.807, 2.05) is 0 Å². The number of carbonyl (C=O) groups excluding carboxylic acids is 3. The Kier molecular flexibility index (Phi) is 13.7. The number of aryl methyl sites for hydroxylation is 1. The van der Waals surface area contributed by atoms with Crippen LogP contribution in [-0.4, -0.2) is 69.2 Å². The summed E-state index contributed by atoms with van der Waals surface area (Å²) in [4.78, 5) is 58.2. The highest BCUT2D eigenvalue weighted by Crippen LogP contribution is 2.20. The van der Waals surface area contributed by atoms with E-state index in [0.717, 1.165) is 0 Å². The lowest BCUT2D eigenvalue weighted by Crippen LogP contribution is -2.50. The van der Waals surface area contributed by atoms with Gasteiger partial charge < -0.3 is 35.1 Å². The Morgan fingerprint density at radius 2 is 1.16 bits per heavy atom. The quantitative estimate of drug-likeness (QED) is 0.228. The van der Waals surface area contributed by atoms with Crippen molar-refractivity contribution in [2.24, 2.45) is 5.41 Å². The predicted octanol–water partition coefficient (Wildman–Crippen LogP) is 5.48. The van der Waals surface area contributed by atoms with Crippen molar-refractivity contribution in [1.29, 1.82) is 0 Å². The molecule has 12 heteroatoms. The number of amides is 2. The first kappa shape index (κ1) is 39.2. The van der Waals surface area contributed by atoms with Crippen molar-refractivity contribution in [3.8, 4) is 0 Å². The van der Waals surface area contributed by atoms with E-state index in [2.05, 4.69) is 10.6 Å². The second-order valence-corrected chi connectivity index (χ2v) is 14.2. The van der Waals surface area contributed by atoms with Gasteiger partial charge in [-0.05, 0) is 91.8 Å². The van der Waals surface area contributed by atoms with E-state index in [0.29, 0.717) is 11.1 Å². The van der Waals surface area contributed by atoms with Crippen molar-refractivity contribution >= 4 is 30.1 Å². The van der Waals surface area contributed by atoms with Crippen LogP contribution >= 0.6 is 0 Å². The molecule has 43 heavy (non-hydrogen) atoms. The zero-order valence-electron chi connectivity index (χ0n) is 27.8. The van der Waals surface area contributed by atoms with Crippen molar-refractivity contribution in [2.75, 3.05) is 0 Å². The summed E-state index contributed by atoms with van der Waals surface area (Å²) >= 11 is 0. The second-order valence-electron chi connectivity index (χ2n) is 14.2. The summed E-state index contributed by atoms with van der Waals surface area (Å²) in [6.45, 7) is 22.4. The van der Waals surface area contributed by atoms with E-state index in [9.17, 15) is 24.0 Å². The van der Waals surface area contributed by atoms with Crippen molar-refractivity contribution < 1.29 is 48.4 Å². The van der Waals surface area contributed by atoms with Gasteiger partial charge in [0.05, 0.1) is 5.56 Å². The van der Waals surface area contributed by atoms with Gasteiger partial charge in [-0.1, -0.05) is 32.9 Å². The molecule has 0 heterocycles. The summed E-state index contributed by atoms with van der Waals surface area (Å²) in [6.07, 6.45) is -1.29. The standard InChI is InChI=1S/C20H29NO6.C11H21NO4/c1-12-10-13(8-9-14(12)16(22)23)11-15(17(24)26-19(2,3)4)21-18(25)27-20(5,6)7;1-10(2,3)7(8(13)14)12-9(15)16-11(4,5)6/h8-10,15H,11H2,1-7H3,(H,21,25)(H,22,23);7H,1-6H3,(H,12,15)(H,13,14). The molecule has 2 unspecified atom stereocenters. The molecule has 4 N–H and O–H groups in total. The molecule has 0 bridgehead atoms. The maximum Gasteiger partial charge on any atom is 0.408 e. The summed E-state index contributed by atoms with van der Waals surface area (Å²) in [5.41, 5.74) is -1.17. The third-order valence-corrected chi connectivity index (χ3v) is 5.12. The first-order valence-corrected chi connectivity index (χ1v) is 13.9. The van der Waals surface area contributed by atoms with Crippen molar-refractivity contribution in [3.63, 3.8) is 0 Å². The predicted molar refractivity (Wildman–Crippen MR) is 161 cm³/mol. The fraction of sp³-hybridized carbons (Fsp3) is 0.645. The Balaban J connectivity index is 0.000000942. The SMILES string of the molecule is CC(C)(C)OC(=O)NC(C(=O)O)C(C)(C)C.Cc1cc(CC(NC(=O)OC(C)(C)C)C(=O)OC(C)(C)C)ccc1C(=O)O. The van der Waals surface area contributed by atoms with Crippen LogP contribution in [0.25, 0.3) is 0 Å². The Morgan fingerprint density at radius 3 is 1.51 bits per heavy atom. The fourth-order valence-electron chi connectivity index (χ4n) is 3.42. The van der Waals surface area contributed by atoms with E-state index in [4.69, 9.17) is 24.4 Å². The number of alkyl carbamates (subject to hydrolysis) is 2. The monoisotopic (exact) mass is 610 g/mol. The lowest BCUT2D eigenvalue weighted by Gasteiger charge is -2.29. The van der Waals surface area contributed by atoms with Gasteiger partial charge in [0.25, 0.3) is 0 Å². The molecule has 1 aromatic carbocycles. The number of aliphatic carboxylic acids is 1. The summed E-state index contributed by atoms with van der Waals surface area (Å²) < 4.78 is 15.6. The number of carbonyl (C=O) groups is 5. The number of nitrogens with one attached hydrogen (secondary N) is 2. The van der Waals surface area contributed by atoms with Crippen LogP contribution in [0.3, 0.4) is 0 Å². The third-order valence-electron chi connectivity index (χ3n) is 5.12. The molecule has 1 aromatic rings. The van der Waals surface area contributed by atoms with Crippen LogP contribution in [0.5, 0.6) is 0 Å². The van der Waals surface area contributed by atoms with Crippen LogP contribution < -0.4 is 10.6 Å². The minimum Gasteiger partial charge on any atom is -0.480 e. The molecule has 0 fully saturated rings. The molecule has 2 atom stereocenters. The average Bonchev–Trinajstić information content (AvgIpc) is 2.72. The van der Waals surface area contributed by atoms with Gasteiger partial charge in [-0.15, -0.1) is 0 Å². The molecule has 0 radical (unpaired) electrons. The lowest BCUT2D eigenvalue weighted by molar-refractivity contribution is -0.157. The number of hydrogen-bond donors (Lipinski definition) is 4. The molecule has 0 saturated carbocycles. The largest absolute Gasteiger partial charge is 0.480 e. The number of benzene rings is 1. The maximum absolute atomic E-state index is 12.5. The van der Waals surface area contributed by atoms with Gasteiger partial charge in [0.1, 0.15) is 28.9 Å². The smallest absolute Gasteiger partial charge is 0.408 e. The molecule has 1 rings (SSSR count). The van der Waals surface area contributed by atoms with Gasteiger partial charge in [-0.2, -0.15) is 0 Å². The van der Waals surface area contributed by atoms with Gasteiger partial charge in [-0.3, -0.25) is 0 Å². The van der Waals surface area contributed by atoms with Gasteiger partial charge in [-0.25, -0.2) is 24.0 Å². The first-order valence-electron chi connectivity index (χ1n) is 13.9. The number of esters is 1. The molecule has 0 aliphatic carbocycles. The Morgan fingerprint density at radius 1 is 0.721 bits per heavy atom. The van der Waals surface area contributed by atoms with E-state index < -0.39 is 64.4 Å². The van der Waals surface area contributed by atoms with Gasteiger partial charge >= 0.3 is 30.1 Å². The highest BCUT2D eigenvalue weighted by atomic mass is 16.6. The first-order chi connectivity index (χ1) is 19.1. The average molecular weight is 611 g/mol. The zero-order valence-corrected chi connectivity index (χ0v) is 27.8. The number of carboxylic acids is 2. The number of carboxylic acid groups (broad SMARTS) is 2. The van der Waals surface area contributed by atoms with E-state index >= 15 is 0 Å². The van der Waals surface area contributed by atoms with E-state index in [1.165, 1.54) is 6.07 Å². The minimum atomic E-state index is -1.07. The second kappa shape index (κ2) is 15.1. The molecule has 0 aromatic heterocycles. The Hall–Kier alpha value is -3.83. The lowest BCUT2D eigenvalue weighted by atomic mass is 9.87. The van der Waals surface area contributed by atoms with Crippen LogP contribution in [0.1, 0.15) is 105 Å². The fourth-order valence-corrected chi connectivity index (χ4v) is 3.42. The van der Waals surface area contributed by atoms with E-state index in [-0.39, 0.29) is 12.0 Å². The minimum absolute atomic E-state index is 0.148. The van der Waals surface area contributed by atoms with Crippen LogP contribution in [0, 0.1) is 12.3 Å². The molecule has 0 aliphatic rings. The number of ether oxygens (including phenoxy) is 3. The molecule has 0 aliphatic heterocycles. The normalized spacial score (nSPS) is 13.3. The van der Waals surface area contributed by atoms with Crippen LogP contribution in [0.15, 0.2) is 18.2 Å². The summed E-state index contributed by atoms with van der Waals surface area (Å²) in [5, 5.41) is 23.0. The van der Waals surface area contributed by atoms with Gasteiger partial charge in [0, 0.05) is 6.42 Å². The molecule has 2 amide bonds. The zero-order chi connectivity index (χ0) is 34.1. The van der Waals surface area contributed by atoms with Gasteiger partial charge in [0.2, 0.25) is 0 Å². The molecule has 12 nitrogen and oxygen atoms in total. The van der Waals surface area contributed by atoms with E-state index in [1.54, 1.807) is 102 Å². The molecule has 0 saturated heterocycles. The number of rotatable bonds is 7. The molecule has 244 valence electrons. The van der Waals surface area contributed by atoms with Crippen LogP contribution in [0.2, 0.25) is 0 Å². The Bertz CT molecular complexity index is 1150. The summed E-state index contributed by atoms with van der Waals surface area (Å²) in [5.74, 6) is -2.68. The Labute approximate surface area is 254 Å². The van der Waals surface area contributed by atoms with Gasteiger partial charge in [0.15, 0.2) is 0 Å². The van der Waals surface area contributed by atoms with Crippen molar-refractivity contribution in [2.45, 2.75) is 125 Å². The summed E-state index contributed by atoms with van der Waals surface area (Å²) in [7, 11) is 0. The molecular weight excluding hydrogens is 560 g/mol. The third kappa shape index (κ3) is 17.0. The summed E-state index contributed by atoms with van der Waals surface area (Å²) in [6, 6.07) is 2.84. The topological polar surface area (TPSA) is 178 Å².